The van der Waals surface area contributed by atoms with Crippen molar-refractivity contribution in [3.8, 4) is 5.75 Å². The second kappa shape index (κ2) is 8.43. The summed E-state index contributed by atoms with van der Waals surface area (Å²) in [6.07, 6.45) is 0. The maximum absolute atomic E-state index is 13.3. The Balaban J connectivity index is 1.75. The van der Waals surface area contributed by atoms with Crippen molar-refractivity contribution in [2.45, 2.75) is 13.5 Å². The highest BCUT2D eigenvalue weighted by Gasteiger charge is 2.13. The van der Waals surface area contributed by atoms with Gasteiger partial charge in [-0.2, -0.15) is 0 Å². The average molecular weight is 384 g/mol. The number of hydrogen-bond donors (Lipinski definition) is 2. The van der Waals surface area contributed by atoms with Crippen LogP contribution in [-0.4, -0.2) is 23.0 Å². The minimum absolute atomic E-state index is 0.0970. The van der Waals surface area contributed by atoms with Crippen LogP contribution in [0.4, 0.5) is 20.3 Å². The van der Waals surface area contributed by atoms with Gasteiger partial charge in [-0.3, -0.25) is 4.79 Å². The van der Waals surface area contributed by atoms with Gasteiger partial charge >= 0.3 is 0 Å². The number of halogens is 2. The predicted octanol–water partition coefficient (Wildman–Crippen LogP) is 3.94. The number of carbonyl (C=O) groups excluding carboxylic acids is 1. The third-order valence-corrected chi connectivity index (χ3v) is 3.90. The van der Waals surface area contributed by atoms with Gasteiger partial charge in [-0.15, -0.1) is 0 Å². The summed E-state index contributed by atoms with van der Waals surface area (Å²) in [7, 11) is 1.59. The van der Waals surface area contributed by atoms with Crippen LogP contribution in [0.1, 0.15) is 21.9 Å². The standard InChI is InChI=1S/C20H18F2N4O2/c1-12-24-17(20(27)26-14-7-8-15(21)16(22)9-14)10-19(25-12)23-11-13-5-3-4-6-18(13)28-2/h3-10H,11H2,1-2H3,(H,26,27)(H,23,24,25). The zero-order valence-corrected chi connectivity index (χ0v) is 15.3. The Morgan fingerprint density at radius 3 is 2.61 bits per heavy atom. The highest BCUT2D eigenvalue weighted by atomic mass is 19.2. The lowest BCUT2D eigenvalue weighted by atomic mass is 10.2. The van der Waals surface area contributed by atoms with Gasteiger partial charge in [0.25, 0.3) is 5.91 Å². The van der Waals surface area contributed by atoms with E-state index >= 15 is 0 Å². The summed E-state index contributed by atoms with van der Waals surface area (Å²) in [6, 6.07) is 12.1. The molecule has 1 heterocycles. The number of amides is 1. The van der Waals surface area contributed by atoms with Crippen LogP contribution < -0.4 is 15.4 Å². The van der Waals surface area contributed by atoms with Crippen molar-refractivity contribution in [1.82, 2.24) is 9.97 Å². The van der Waals surface area contributed by atoms with E-state index in [1.165, 1.54) is 12.1 Å². The molecule has 3 aromatic rings. The fourth-order valence-corrected chi connectivity index (χ4v) is 2.58. The molecule has 8 heteroatoms. The van der Waals surface area contributed by atoms with Gasteiger partial charge in [-0.1, -0.05) is 18.2 Å². The first-order valence-corrected chi connectivity index (χ1v) is 8.44. The molecule has 0 spiro atoms. The fraction of sp³-hybridized carbons (Fsp3) is 0.150. The van der Waals surface area contributed by atoms with Crippen molar-refractivity contribution >= 4 is 17.4 Å². The minimum atomic E-state index is -1.05. The molecule has 0 saturated heterocycles. The molecule has 0 aliphatic rings. The van der Waals surface area contributed by atoms with Crippen molar-refractivity contribution in [3.63, 3.8) is 0 Å². The monoisotopic (exact) mass is 384 g/mol. The summed E-state index contributed by atoms with van der Waals surface area (Å²) in [5.74, 6) is -1.02. The van der Waals surface area contributed by atoms with Crippen LogP contribution in [0.2, 0.25) is 0 Å². The molecule has 2 N–H and O–H groups in total. The lowest BCUT2D eigenvalue weighted by molar-refractivity contribution is 0.102. The number of ether oxygens (including phenoxy) is 1. The Bertz CT molecular complexity index is 1010. The predicted molar refractivity (Wildman–Crippen MR) is 101 cm³/mol. The molecule has 0 aliphatic heterocycles. The first-order chi connectivity index (χ1) is 13.5. The lowest BCUT2D eigenvalue weighted by Crippen LogP contribution is -2.16. The molecular weight excluding hydrogens is 366 g/mol. The van der Waals surface area contributed by atoms with E-state index in [1.807, 2.05) is 24.3 Å². The number of para-hydroxylation sites is 1. The minimum Gasteiger partial charge on any atom is -0.496 e. The third-order valence-electron chi connectivity index (χ3n) is 3.90. The summed E-state index contributed by atoms with van der Waals surface area (Å²) < 4.78 is 31.6. The lowest BCUT2D eigenvalue weighted by Gasteiger charge is -2.11. The van der Waals surface area contributed by atoms with Crippen molar-refractivity contribution in [2.75, 3.05) is 17.7 Å². The topological polar surface area (TPSA) is 76.1 Å². The number of anilines is 2. The molecule has 3 rings (SSSR count). The maximum Gasteiger partial charge on any atom is 0.274 e. The smallest absolute Gasteiger partial charge is 0.274 e. The third kappa shape index (κ3) is 4.59. The van der Waals surface area contributed by atoms with E-state index in [4.69, 9.17) is 4.74 Å². The van der Waals surface area contributed by atoms with E-state index < -0.39 is 17.5 Å². The molecule has 0 aliphatic carbocycles. The highest BCUT2D eigenvalue weighted by Crippen LogP contribution is 2.19. The van der Waals surface area contributed by atoms with Gasteiger partial charge in [0, 0.05) is 29.9 Å². The van der Waals surface area contributed by atoms with Crippen LogP contribution >= 0.6 is 0 Å². The summed E-state index contributed by atoms with van der Waals surface area (Å²) in [4.78, 5) is 20.8. The molecular formula is C20H18F2N4O2. The Morgan fingerprint density at radius 2 is 1.86 bits per heavy atom. The zero-order chi connectivity index (χ0) is 20.1. The molecule has 0 unspecified atom stereocenters. The number of methoxy groups -OCH3 is 1. The molecule has 0 atom stereocenters. The van der Waals surface area contributed by atoms with Crippen molar-refractivity contribution in [1.29, 1.82) is 0 Å². The molecule has 0 radical (unpaired) electrons. The molecule has 2 aromatic carbocycles. The van der Waals surface area contributed by atoms with Crippen molar-refractivity contribution in [3.05, 3.63) is 77.2 Å². The molecule has 0 bridgehead atoms. The number of aryl methyl sites for hydroxylation is 1. The summed E-state index contributed by atoms with van der Waals surface area (Å²) in [5, 5.41) is 5.62. The van der Waals surface area contributed by atoms with Gasteiger partial charge in [-0.05, 0) is 25.1 Å². The first-order valence-electron chi connectivity index (χ1n) is 8.44. The molecule has 1 amide bonds. The number of benzene rings is 2. The van der Waals surface area contributed by atoms with E-state index in [0.717, 1.165) is 23.4 Å². The molecule has 28 heavy (non-hydrogen) atoms. The summed E-state index contributed by atoms with van der Waals surface area (Å²) in [5.41, 5.74) is 1.15. The van der Waals surface area contributed by atoms with Gasteiger partial charge in [-0.25, -0.2) is 18.7 Å². The van der Waals surface area contributed by atoms with Crippen LogP contribution in [0.25, 0.3) is 0 Å². The van der Waals surface area contributed by atoms with Crippen LogP contribution in [0, 0.1) is 18.6 Å². The van der Waals surface area contributed by atoms with E-state index in [0.29, 0.717) is 18.2 Å². The maximum atomic E-state index is 13.3. The van der Waals surface area contributed by atoms with E-state index in [9.17, 15) is 13.6 Å². The quantitative estimate of drug-likeness (QED) is 0.673. The van der Waals surface area contributed by atoms with Gasteiger partial charge < -0.3 is 15.4 Å². The number of nitrogens with one attached hydrogen (secondary N) is 2. The average Bonchev–Trinajstić information content (AvgIpc) is 2.69. The van der Waals surface area contributed by atoms with E-state index in [2.05, 4.69) is 20.6 Å². The first kappa shape index (κ1) is 19.2. The number of nitrogens with zero attached hydrogens (tertiary/aromatic N) is 2. The van der Waals surface area contributed by atoms with E-state index in [1.54, 1.807) is 14.0 Å². The SMILES string of the molecule is COc1ccccc1CNc1cc(C(=O)Nc2ccc(F)c(F)c2)nc(C)n1. The number of carbonyl (C=O) groups is 1. The van der Waals surface area contributed by atoms with Crippen LogP contribution in [-0.2, 0) is 6.54 Å². The molecule has 0 fully saturated rings. The van der Waals surface area contributed by atoms with E-state index in [-0.39, 0.29) is 11.4 Å². The molecule has 6 nitrogen and oxygen atoms in total. The Kier molecular flexibility index (Phi) is 5.78. The van der Waals surface area contributed by atoms with Crippen molar-refractivity contribution in [2.24, 2.45) is 0 Å². The normalized spacial score (nSPS) is 10.4. The molecule has 1 aromatic heterocycles. The second-order valence-corrected chi connectivity index (χ2v) is 5.93. The van der Waals surface area contributed by atoms with Crippen molar-refractivity contribution < 1.29 is 18.3 Å². The zero-order valence-electron chi connectivity index (χ0n) is 15.3. The van der Waals surface area contributed by atoms with Gasteiger partial charge in [0.2, 0.25) is 0 Å². The van der Waals surface area contributed by atoms with Crippen LogP contribution in [0.5, 0.6) is 5.75 Å². The van der Waals surface area contributed by atoms with Gasteiger partial charge in [0.15, 0.2) is 11.6 Å². The highest BCUT2D eigenvalue weighted by molar-refractivity contribution is 6.03. The Hall–Kier alpha value is -3.55. The number of aromatic nitrogens is 2. The number of rotatable bonds is 6. The Labute approximate surface area is 160 Å². The second-order valence-electron chi connectivity index (χ2n) is 5.93. The fourth-order valence-electron chi connectivity index (χ4n) is 2.58. The van der Waals surface area contributed by atoms with Crippen LogP contribution in [0.3, 0.4) is 0 Å². The van der Waals surface area contributed by atoms with Crippen LogP contribution in [0.15, 0.2) is 48.5 Å². The largest absolute Gasteiger partial charge is 0.496 e. The summed E-state index contributed by atoms with van der Waals surface area (Å²) >= 11 is 0. The summed E-state index contributed by atoms with van der Waals surface area (Å²) in [6.45, 7) is 2.09. The van der Waals surface area contributed by atoms with Gasteiger partial charge in [0.1, 0.15) is 23.1 Å². The Morgan fingerprint density at radius 1 is 1.07 bits per heavy atom. The molecule has 144 valence electrons. The van der Waals surface area contributed by atoms with Gasteiger partial charge in [0.05, 0.1) is 7.11 Å². The molecule has 0 saturated carbocycles. The number of hydrogen-bond acceptors (Lipinski definition) is 5.